The standard InChI is InChI=1S/C22H26N2O7S/c1-12(2)31-22(28)19-14-7-6-13(3)9-16(14)32-21(19)24-17(25)11-30-18(26)10-23-20(27)15-5-4-8-29-15/h4-5,8,12-13H,6-7,9-11H2,1-3H3,(H,23,27)(H,24,25). The number of carbonyl (C=O) groups excluding carboxylic acids is 4. The third-order valence-corrected chi connectivity index (χ3v) is 5.98. The molecule has 32 heavy (non-hydrogen) atoms. The fraction of sp³-hybridized carbons (Fsp3) is 0.455. The van der Waals surface area contributed by atoms with Gasteiger partial charge in [-0.25, -0.2) is 4.79 Å². The minimum Gasteiger partial charge on any atom is -0.459 e. The van der Waals surface area contributed by atoms with Crippen LogP contribution >= 0.6 is 11.3 Å². The Bertz CT molecular complexity index is 994. The Morgan fingerprint density at radius 3 is 2.75 bits per heavy atom. The van der Waals surface area contributed by atoms with Crippen LogP contribution in [0.5, 0.6) is 0 Å². The van der Waals surface area contributed by atoms with Crippen LogP contribution in [0.25, 0.3) is 0 Å². The van der Waals surface area contributed by atoms with Gasteiger partial charge in [0.25, 0.3) is 11.8 Å². The number of nitrogens with one attached hydrogen (secondary N) is 2. The Morgan fingerprint density at radius 2 is 2.06 bits per heavy atom. The van der Waals surface area contributed by atoms with E-state index in [1.54, 1.807) is 19.9 Å². The zero-order chi connectivity index (χ0) is 23.3. The smallest absolute Gasteiger partial charge is 0.341 e. The van der Waals surface area contributed by atoms with Crippen molar-refractivity contribution in [3.8, 4) is 0 Å². The second kappa shape index (κ2) is 10.4. The highest BCUT2D eigenvalue weighted by Crippen LogP contribution is 2.40. The van der Waals surface area contributed by atoms with Crippen LogP contribution in [0.4, 0.5) is 5.00 Å². The van der Waals surface area contributed by atoms with Crippen molar-refractivity contribution < 1.29 is 33.1 Å². The molecule has 2 N–H and O–H groups in total. The highest BCUT2D eigenvalue weighted by Gasteiger charge is 2.29. The number of carbonyl (C=O) groups is 4. The van der Waals surface area contributed by atoms with E-state index in [2.05, 4.69) is 17.6 Å². The molecule has 2 heterocycles. The lowest BCUT2D eigenvalue weighted by Crippen LogP contribution is -2.32. The minimum atomic E-state index is -0.779. The summed E-state index contributed by atoms with van der Waals surface area (Å²) in [4.78, 5) is 49.7. The molecule has 2 aromatic heterocycles. The summed E-state index contributed by atoms with van der Waals surface area (Å²) in [6, 6.07) is 3.00. The highest BCUT2D eigenvalue weighted by molar-refractivity contribution is 7.17. The first-order chi connectivity index (χ1) is 15.2. The number of hydrogen-bond acceptors (Lipinski definition) is 8. The second-order valence-corrected chi connectivity index (χ2v) is 8.98. The van der Waals surface area contributed by atoms with Crippen LogP contribution < -0.4 is 10.6 Å². The van der Waals surface area contributed by atoms with Crippen molar-refractivity contribution in [1.29, 1.82) is 0 Å². The zero-order valence-electron chi connectivity index (χ0n) is 18.2. The van der Waals surface area contributed by atoms with Crippen LogP contribution in [0.1, 0.15) is 58.5 Å². The maximum absolute atomic E-state index is 12.7. The summed E-state index contributed by atoms with van der Waals surface area (Å²) in [7, 11) is 0. The summed E-state index contributed by atoms with van der Waals surface area (Å²) in [5, 5.41) is 5.42. The Labute approximate surface area is 189 Å². The molecular weight excluding hydrogens is 436 g/mol. The van der Waals surface area contributed by atoms with Crippen LogP contribution in [0.3, 0.4) is 0 Å². The quantitative estimate of drug-likeness (QED) is 0.578. The molecule has 10 heteroatoms. The fourth-order valence-electron chi connectivity index (χ4n) is 3.33. The highest BCUT2D eigenvalue weighted by atomic mass is 32.1. The number of fused-ring (bicyclic) bond motifs is 1. The first-order valence-electron chi connectivity index (χ1n) is 10.4. The van der Waals surface area contributed by atoms with E-state index in [-0.39, 0.29) is 11.9 Å². The van der Waals surface area contributed by atoms with E-state index in [0.29, 0.717) is 16.5 Å². The molecule has 2 aromatic rings. The monoisotopic (exact) mass is 462 g/mol. The molecule has 0 aromatic carbocycles. The number of furan rings is 1. The summed E-state index contributed by atoms with van der Waals surface area (Å²) in [6.07, 6.45) is 3.59. The van der Waals surface area contributed by atoms with Gasteiger partial charge in [0.2, 0.25) is 0 Å². The van der Waals surface area contributed by atoms with Crippen molar-refractivity contribution in [2.75, 3.05) is 18.5 Å². The third-order valence-electron chi connectivity index (χ3n) is 4.81. The Morgan fingerprint density at radius 1 is 1.28 bits per heavy atom. The summed E-state index contributed by atoms with van der Waals surface area (Å²) < 4.78 is 15.2. The van der Waals surface area contributed by atoms with Crippen molar-refractivity contribution in [1.82, 2.24) is 5.32 Å². The lowest BCUT2D eigenvalue weighted by atomic mass is 9.88. The molecule has 172 valence electrons. The lowest BCUT2D eigenvalue weighted by molar-refractivity contribution is -0.146. The number of amides is 2. The van der Waals surface area contributed by atoms with E-state index in [4.69, 9.17) is 13.9 Å². The molecule has 1 atom stereocenters. The summed E-state index contributed by atoms with van der Waals surface area (Å²) >= 11 is 1.36. The van der Waals surface area contributed by atoms with Crippen molar-refractivity contribution in [2.45, 2.75) is 46.1 Å². The van der Waals surface area contributed by atoms with E-state index in [1.165, 1.54) is 23.7 Å². The van der Waals surface area contributed by atoms with E-state index in [9.17, 15) is 19.2 Å². The maximum Gasteiger partial charge on any atom is 0.341 e. The van der Waals surface area contributed by atoms with Gasteiger partial charge >= 0.3 is 11.9 Å². The molecule has 0 saturated carbocycles. The molecular formula is C22H26N2O7S. The average Bonchev–Trinajstić information content (AvgIpc) is 3.37. The molecule has 0 saturated heterocycles. The summed E-state index contributed by atoms with van der Waals surface area (Å²) in [5.41, 5.74) is 1.31. The summed E-state index contributed by atoms with van der Waals surface area (Å²) in [5.74, 6) is -1.84. The van der Waals surface area contributed by atoms with E-state index in [0.717, 1.165) is 29.7 Å². The number of hydrogen-bond donors (Lipinski definition) is 2. The topological polar surface area (TPSA) is 124 Å². The molecule has 1 aliphatic carbocycles. The van der Waals surface area contributed by atoms with Gasteiger partial charge in [0.15, 0.2) is 12.4 Å². The van der Waals surface area contributed by atoms with Gasteiger partial charge < -0.3 is 24.5 Å². The fourth-order valence-corrected chi connectivity index (χ4v) is 4.75. The van der Waals surface area contributed by atoms with Gasteiger partial charge in [-0.1, -0.05) is 6.92 Å². The number of anilines is 1. The van der Waals surface area contributed by atoms with E-state index >= 15 is 0 Å². The van der Waals surface area contributed by atoms with Gasteiger partial charge in [0.1, 0.15) is 11.5 Å². The van der Waals surface area contributed by atoms with Crippen LogP contribution in [0.2, 0.25) is 0 Å². The second-order valence-electron chi connectivity index (χ2n) is 7.88. The molecule has 2 amide bonds. The number of esters is 2. The normalized spacial score (nSPS) is 15.1. The molecule has 0 aliphatic heterocycles. The van der Waals surface area contributed by atoms with Crippen molar-refractivity contribution in [3.63, 3.8) is 0 Å². The molecule has 9 nitrogen and oxygen atoms in total. The predicted octanol–water partition coefficient (Wildman–Crippen LogP) is 2.94. The molecule has 1 unspecified atom stereocenters. The van der Waals surface area contributed by atoms with Gasteiger partial charge in [-0.3, -0.25) is 14.4 Å². The first-order valence-corrected chi connectivity index (χ1v) is 11.2. The first kappa shape index (κ1) is 23.5. The molecule has 0 fully saturated rings. The molecule has 0 bridgehead atoms. The third kappa shape index (κ3) is 5.97. The minimum absolute atomic E-state index is 0.0623. The lowest BCUT2D eigenvalue weighted by Gasteiger charge is -2.18. The van der Waals surface area contributed by atoms with Crippen molar-refractivity contribution >= 4 is 40.1 Å². The van der Waals surface area contributed by atoms with Gasteiger partial charge in [-0.05, 0) is 56.7 Å². The van der Waals surface area contributed by atoms with Crippen molar-refractivity contribution in [2.24, 2.45) is 5.92 Å². The Hall–Kier alpha value is -3.14. The van der Waals surface area contributed by atoms with Crippen LogP contribution in [-0.4, -0.2) is 43.0 Å². The molecule has 0 radical (unpaired) electrons. The molecule has 1 aliphatic rings. The van der Waals surface area contributed by atoms with Gasteiger partial charge in [0, 0.05) is 4.88 Å². The van der Waals surface area contributed by atoms with Crippen LogP contribution in [0, 0.1) is 5.92 Å². The average molecular weight is 463 g/mol. The Balaban J connectivity index is 1.58. The van der Waals surface area contributed by atoms with Gasteiger partial charge in [-0.2, -0.15) is 0 Å². The largest absolute Gasteiger partial charge is 0.459 e. The molecule has 0 spiro atoms. The van der Waals surface area contributed by atoms with E-state index < -0.39 is 36.9 Å². The van der Waals surface area contributed by atoms with Crippen LogP contribution in [-0.2, 0) is 31.9 Å². The number of thiophene rings is 1. The zero-order valence-corrected chi connectivity index (χ0v) is 19.0. The van der Waals surface area contributed by atoms with Gasteiger partial charge in [0.05, 0.1) is 17.9 Å². The Kier molecular flexibility index (Phi) is 7.68. The maximum atomic E-state index is 12.7. The van der Waals surface area contributed by atoms with Gasteiger partial charge in [-0.15, -0.1) is 11.3 Å². The predicted molar refractivity (Wildman–Crippen MR) is 117 cm³/mol. The molecule has 3 rings (SSSR count). The van der Waals surface area contributed by atoms with Crippen molar-refractivity contribution in [3.05, 3.63) is 40.2 Å². The SMILES string of the molecule is CC1CCc2c(sc(NC(=O)COC(=O)CNC(=O)c3ccco3)c2C(=O)OC(C)C)C1. The number of ether oxygens (including phenoxy) is 2. The van der Waals surface area contributed by atoms with E-state index in [1.807, 2.05) is 0 Å². The summed E-state index contributed by atoms with van der Waals surface area (Å²) in [6.45, 7) is 4.72. The van der Waals surface area contributed by atoms with Crippen LogP contribution in [0.15, 0.2) is 22.8 Å². The number of rotatable bonds is 8.